The molecule has 7 nitrogen and oxygen atoms in total. The van der Waals surface area contributed by atoms with Gasteiger partial charge in [-0.15, -0.1) is 0 Å². The number of carbonyl (C=O) groups excluding carboxylic acids is 2. The third-order valence-corrected chi connectivity index (χ3v) is 4.87. The molecule has 1 aromatic rings. The lowest BCUT2D eigenvalue weighted by molar-refractivity contribution is -0.157. The maximum absolute atomic E-state index is 13.4. The Balaban J connectivity index is 2.66. The van der Waals surface area contributed by atoms with Crippen LogP contribution in [0.1, 0.15) is 66.0 Å². The lowest BCUT2D eigenvalue weighted by Gasteiger charge is -2.26. The summed E-state index contributed by atoms with van der Waals surface area (Å²) in [6.45, 7) is 10.2. The number of alkyl halides is 3. The van der Waals surface area contributed by atoms with Crippen LogP contribution in [0, 0.1) is 0 Å². The van der Waals surface area contributed by atoms with Gasteiger partial charge < -0.3 is 14.8 Å². The number of nitrogens with zero attached hydrogens (tertiary/aromatic N) is 2. The lowest BCUT2D eigenvalue weighted by atomic mass is 10.0. The number of rotatable bonds is 9. The topological polar surface area (TPSA) is 90.4 Å². The van der Waals surface area contributed by atoms with Crippen LogP contribution in [0.4, 0.5) is 18.0 Å². The summed E-state index contributed by atoms with van der Waals surface area (Å²) in [6.07, 6.45) is -1.53. The number of nitrogens with one attached hydrogen (secondary N) is 1. The second kappa shape index (κ2) is 11.7. The number of thioether (sulfide) groups is 1. The Labute approximate surface area is 191 Å². The van der Waals surface area contributed by atoms with Gasteiger partial charge in [-0.05, 0) is 65.9 Å². The Morgan fingerprint density at radius 2 is 1.59 bits per heavy atom. The number of alkyl carbamates (subject to hydrolysis) is 1. The van der Waals surface area contributed by atoms with Crippen molar-refractivity contribution in [2.75, 3.05) is 11.5 Å². The van der Waals surface area contributed by atoms with Gasteiger partial charge >= 0.3 is 18.2 Å². The highest BCUT2D eigenvalue weighted by molar-refractivity contribution is 7.99. The van der Waals surface area contributed by atoms with Crippen LogP contribution in [-0.2, 0) is 14.3 Å². The van der Waals surface area contributed by atoms with Gasteiger partial charge in [0, 0.05) is 18.6 Å². The molecule has 1 heterocycles. The van der Waals surface area contributed by atoms with Crippen LogP contribution in [0.25, 0.3) is 0 Å². The monoisotopic (exact) mass is 479 g/mol. The zero-order valence-corrected chi connectivity index (χ0v) is 20.1. The number of halogens is 3. The summed E-state index contributed by atoms with van der Waals surface area (Å²) in [4.78, 5) is 32.1. The fraction of sp³-hybridized carbons (Fsp3) is 0.714. The molecule has 0 aliphatic carbocycles. The molecular weight excluding hydrogens is 447 g/mol. The van der Waals surface area contributed by atoms with E-state index in [1.165, 1.54) is 24.2 Å². The van der Waals surface area contributed by atoms with Gasteiger partial charge in [-0.2, -0.15) is 24.9 Å². The number of aromatic nitrogens is 2. The van der Waals surface area contributed by atoms with E-state index in [-0.39, 0.29) is 24.3 Å². The van der Waals surface area contributed by atoms with E-state index >= 15 is 0 Å². The van der Waals surface area contributed by atoms with E-state index in [1.807, 2.05) is 0 Å². The fourth-order valence-electron chi connectivity index (χ4n) is 2.55. The number of hydrogen-bond donors (Lipinski definition) is 1. The molecule has 1 amide bonds. The Morgan fingerprint density at radius 1 is 1.00 bits per heavy atom. The minimum atomic E-state index is -4.44. The van der Waals surface area contributed by atoms with E-state index in [0.29, 0.717) is 5.75 Å². The number of amides is 1. The summed E-state index contributed by atoms with van der Waals surface area (Å²) in [5, 5.41) is 2.50. The molecule has 0 aliphatic heterocycles. The summed E-state index contributed by atoms with van der Waals surface area (Å²) in [5.41, 5.74) is -1.63. The molecule has 0 aromatic carbocycles. The predicted molar refractivity (Wildman–Crippen MR) is 116 cm³/mol. The van der Waals surface area contributed by atoms with Crippen LogP contribution < -0.4 is 5.32 Å². The van der Waals surface area contributed by atoms with Crippen LogP contribution in [0.3, 0.4) is 0 Å². The van der Waals surface area contributed by atoms with E-state index in [2.05, 4.69) is 15.3 Å². The maximum atomic E-state index is 13.4. The summed E-state index contributed by atoms with van der Waals surface area (Å²) in [5.74, 6) is -1.82. The molecule has 0 fully saturated rings. The lowest BCUT2D eigenvalue weighted by Crippen LogP contribution is -2.46. The zero-order valence-electron chi connectivity index (χ0n) is 19.3. The predicted octanol–water partition coefficient (Wildman–Crippen LogP) is 4.87. The molecule has 32 heavy (non-hydrogen) atoms. The molecule has 1 rings (SSSR count). The van der Waals surface area contributed by atoms with E-state index in [4.69, 9.17) is 9.47 Å². The van der Waals surface area contributed by atoms with Crippen LogP contribution in [-0.4, -0.2) is 57.0 Å². The van der Waals surface area contributed by atoms with Crippen molar-refractivity contribution in [2.24, 2.45) is 0 Å². The first-order valence-corrected chi connectivity index (χ1v) is 11.4. The summed E-state index contributed by atoms with van der Waals surface area (Å²) < 4.78 is 50.7. The van der Waals surface area contributed by atoms with Crippen molar-refractivity contribution in [3.63, 3.8) is 0 Å². The molecule has 182 valence electrons. The minimum Gasteiger partial charge on any atom is -0.458 e. The smallest absolute Gasteiger partial charge is 0.408 e. The molecule has 1 aromatic heterocycles. The standard InChI is InChI=1S/C21H32F3N3O4S/c1-19(2,3)30-17(28)15(27-18(29)31-20(4,5)6)8-12-32-11-7-14(21(22,23)24)16-13-25-9-10-26-16/h9-10,13-15H,7-8,11-12H2,1-6H3,(H,27,29)/t14?,15-/m0/s1. The molecular formula is C21H32F3N3O4S. The summed E-state index contributed by atoms with van der Waals surface area (Å²) in [7, 11) is 0. The molecule has 11 heteroatoms. The first-order chi connectivity index (χ1) is 14.6. The second-order valence-electron chi connectivity index (χ2n) is 9.15. The van der Waals surface area contributed by atoms with Crippen molar-refractivity contribution in [2.45, 2.75) is 83.7 Å². The van der Waals surface area contributed by atoms with Crippen molar-refractivity contribution in [1.29, 1.82) is 0 Å². The van der Waals surface area contributed by atoms with Gasteiger partial charge in [-0.1, -0.05) is 0 Å². The van der Waals surface area contributed by atoms with Gasteiger partial charge in [0.25, 0.3) is 0 Å². The van der Waals surface area contributed by atoms with Crippen molar-refractivity contribution in [3.05, 3.63) is 24.3 Å². The highest BCUT2D eigenvalue weighted by atomic mass is 32.2. The van der Waals surface area contributed by atoms with Crippen molar-refractivity contribution >= 4 is 23.8 Å². The van der Waals surface area contributed by atoms with E-state index < -0.39 is 41.4 Å². The molecule has 0 radical (unpaired) electrons. The highest BCUT2D eigenvalue weighted by Gasteiger charge is 2.41. The molecule has 0 saturated carbocycles. The third-order valence-electron chi connectivity index (χ3n) is 3.82. The summed E-state index contributed by atoms with van der Waals surface area (Å²) in [6, 6.07) is -0.977. The van der Waals surface area contributed by atoms with Crippen LogP contribution >= 0.6 is 11.8 Å². The average Bonchev–Trinajstić information content (AvgIpc) is 2.60. The SMILES string of the molecule is CC(C)(C)OC(=O)N[C@@H](CCSCCC(c1cnccn1)C(F)(F)F)C(=O)OC(C)(C)C. The second-order valence-corrected chi connectivity index (χ2v) is 10.4. The first kappa shape index (κ1) is 28.0. The Hall–Kier alpha value is -2.04. The minimum absolute atomic E-state index is 0.126. The molecule has 0 spiro atoms. The number of ether oxygens (including phenoxy) is 2. The van der Waals surface area contributed by atoms with Gasteiger partial charge in [0.1, 0.15) is 17.2 Å². The normalized spacial score (nSPS) is 14.4. The van der Waals surface area contributed by atoms with Crippen LogP contribution in [0.2, 0.25) is 0 Å². The Kier molecular flexibility index (Phi) is 10.2. The fourth-order valence-corrected chi connectivity index (χ4v) is 3.55. The Bertz CT molecular complexity index is 735. The largest absolute Gasteiger partial charge is 0.458 e. The van der Waals surface area contributed by atoms with Gasteiger partial charge in [0.15, 0.2) is 0 Å². The molecule has 1 unspecified atom stereocenters. The number of esters is 1. The zero-order chi connectivity index (χ0) is 24.6. The third kappa shape index (κ3) is 11.5. The first-order valence-electron chi connectivity index (χ1n) is 10.2. The highest BCUT2D eigenvalue weighted by Crippen LogP contribution is 2.37. The van der Waals surface area contributed by atoms with Gasteiger partial charge in [0.05, 0.1) is 11.6 Å². The molecule has 0 bridgehead atoms. The average molecular weight is 480 g/mol. The van der Waals surface area contributed by atoms with Crippen LogP contribution in [0.15, 0.2) is 18.6 Å². The maximum Gasteiger partial charge on any atom is 0.408 e. The Morgan fingerprint density at radius 3 is 2.09 bits per heavy atom. The van der Waals surface area contributed by atoms with Crippen molar-refractivity contribution in [1.82, 2.24) is 15.3 Å². The van der Waals surface area contributed by atoms with Gasteiger partial charge in [-0.25, -0.2) is 9.59 Å². The van der Waals surface area contributed by atoms with E-state index in [0.717, 1.165) is 6.20 Å². The molecule has 2 atom stereocenters. The van der Waals surface area contributed by atoms with Crippen molar-refractivity contribution < 1.29 is 32.2 Å². The quantitative estimate of drug-likeness (QED) is 0.399. The number of carbonyl (C=O) groups is 2. The van der Waals surface area contributed by atoms with E-state index in [1.54, 1.807) is 41.5 Å². The molecule has 0 saturated heterocycles. The van der Waals surface area contributed by atoms with Gasteiger partial charge in [-0.3, -0.25) is 9.97 Å². The molecule has 0 aliphatic rings. The van der Waals surface area contributed by atoms with E-state index in [9.17, 15) is 22.8 Å². The number of hydrogen-bond acceptors (Lipinski definition) is 7. The van der Waals surface area contributed by atoms with Crippen molar-refractivity contribution in [3.8, 4) is 0 Å². The molecule has 1 N–H and O–H groups in total. The van der Waals surface area contributed by atoms with Gasteiger partial charge in [0.2, 0.25) is 0 Å². The van der Waals surface area contributed by atoms with Crippen LogP contribution in [0.5, 0.6) is 0 Å². The summed E-state index contributed by atoms with van der Waals surface area (Å²) >= 11 is 1.25.